The van der Waals surface area contributed by atoms with Crippen molar-refractivity contribution in [3.05, 3.63) is 41.6 Å². The number of nitrogens with zero attached hydrogens (tertiary/aromatic N) is 1. The highest BCUT2D eigenvalue weighted by molar-refractivity contribution is 6.32. The van der Waals surface area contributed by atoms with E-state index in [0.717, 1.165) is 11.4 Å². The fourth-order valence-corrected chi connectivity index (χ4v) is 1.94. The third kappa shape index (κ3) is 4.10. The van der Waals surface area contributed by atoms with E-state index in [0.29, 0.717) is 23.0 Å². The number of anilines is 3. The van der Waals surface area contributed by atoms with Crippen LogP contribution < -0.4 is 15.4 Å². The summed E-state index contributed by atoms with van der Waals surface area (Å²) in [5.41, 5.74) is 1.62. The average Bonchev–Trinajstić information content (AvgIpc) is 2.49. The topological polar surface area (TPSA) is 63.2 Å². The standard InChI is InChI=1S/C15H16ClN3O2/c1-3-15(20)19-14-7-5-11(9-17-14)18-10-4-6-13(21-2)12(16)8-10/h4-9,18H,3H2,1-2H3,(H,17,19,20). The minimum absolute atomic E-state index is 0.0647. The van der Waals surface area contributed by atoms with Gasteiger partial charge in [0, 0.05) is 12.1 Å². The molecule has 0 fully saturated rings. The summed E-state index contributed by atoms with van der Waals surface area (Å²) in [5.74, 6) is 1.09. The molecule has 0 radical (unpaired) electrons. The predicted octanol–water partition coefficient (Wildman–Crippen LogP) is 3.84. The second-order valence-corrected chi connectivity index (χ2v) is 4.72. The van der Waals surface area contributed by atoms with Crippen molar-refractivity contribution in [2.45, 2.75) is 13.3 Å². The number of ether oxygens (including phenoxy) is 1. The molecule has 6 heteroatoms. The van der Waals surface area contributed by atoms with Gasteiger partial charge in [0.15, 0.2) is 0 Å². The number of aromatic nitrogens is 1. The van der Waals surface area contributed by atoms with E-state index >= 15 is 0 Å². The quantitative estimate of drug-likeness (QED) is 0.881. The van der Waals surface area contributed by atoms with Crippen LogP contribution in [0.25, 0.3) is 0 Å². The lowest BCUT2D eigenvalue weighted by molar-refractivity contribution is -0.115. The van der Waals surface area contributed by atoms with Gasteiger partial charge in [-0.3, -0.25) is 4.79 Å². The van der Waals surface area contributed by atoms with Crippen LogP contribution in [0.15, 0.2) is 36.5 Å². The van der Waals surface area contributed by atoms with Crippen molar-refractivity contribution >= 4 is 34.7 Å². The molecule has 2 N–H and O–H groups in total. The second kappa shape index (κ2) is 6.95. The maximum atomic E-state index is 11.3. The third-order valence-corrected chi connectivity index (χ3v) is 3.09. The van der Waals surface area contributed by atoms with Crippen molar-refractivity contribution in [3.8, 4) is 5.75 Å². The maximum Gasteiger partial charge on any atom is 0.225 e. The van der Waals surface area contributed by atoms with Gasteiger partial charge in [0.05, 0.1) is 24.0 Å². The monoisotopic (exact) mass is 305 g/mol. The molecule has 1 aromatic carbocycles. The number of hydrogen-bond acceptors (Lipinski definition) is 4. The van der Waals surface area contributed by atoms with Crippen LogP contribution in [0.2, 0.25) is 5.02 Å². The molecule has 5 nitrogen and oxygen atoms in total. The molecule has 0 aliphatic heterocycles. The van der Waals surface area contributed by atoms with Crippen LogP contribution in [0.5, 0.6) is 5.75 Å². The first kappa shape index (κ1) is 15.1. The summed E-state index contributed by atoms with van der Waals surface area (Å²) in [5, 5.41) is 6.40. The van der Waals surface area contributed by atoms with Gasteiger partial charge < -0.3 is 15.4 Å². The highest BCUT2D eigenvalue weighted by atomic mass is 35.5. The number of pyridine rings is 1. The Morgan fingerprint density at radius 2 is 2.05 bits per heavy atom. The Hall–Kier alpha value is -2.27. The van der Waals surface area contributed by atoms with Crippen molar-refractivity contribution in [2.75, 3.05) is 17.7 Å². The summed E-state index contributed by atoms with van der Waals surface area (Å²) in [6.07, 6.45) is 2.06. The van der Waals surface area contributed by atoms with Gasteiger partial charge in [-0.15, -0.1) is 0 Å². The predicted molar refractivity (Wildman–Crippen MR) is 84.4 cm³/mol. The zero-order chi connectivity index (χ0) is 15.2. The first-order valence-corrected chi connectivity index (χ1v) is 6.86. The van der Waals surface area contributed by atoms with Gasteiger partial charge in [0.1, 0.15) is 11.6 Å². The molecule has 110 valence electrons. The molecule has 2 rings (SSSR count). The lowest BCUT2D eigenvalue weighted by Crippen LogP contribution is -2.10. The molecule has 1 amide bonds. The van der Waals surface area contributed by atoms with E-state index in [1.807, 2.05) is 12.1 Å². The van der Waals surface area contributed by atoms with Crippen LogP contribution in [0.3, 0.4) is 0 Å². The molecule has 2 aromatic rings. The average molecular weight is 306 g/mol. The molecule has 0 unspecified atom stereocenters. The minimum atomic E-state index is -0.0647. The number of nitrogens with one attached hydrogen (secondary N) is 2. The molecule has 0 saturated carbocycles. The first-order chi connectivity index (χ1) is 10.1. The lowest BCUT2D eigenvalue weighted by Gasteiger charge is -2.09. The van der Waals surface area contributed by atoms with E-state index in [4.69, 9.17) is 16.3 Å². The van der Waals surface area contributed by atoms with Crippen molar-refractivity contribution in [3.63, 3.8) is 0 Å². The Morgan fingerprint density at radius 1 is 1.29 bits per heavy atom. The number of halogens is 1. The summed E-state index contributed by atoms with van der Waals surface area (Å²) in [6, 6.07) is 8.98. The van der Waals surface area contributed by atoms with Gasteiger partial charge >= 0.3 is 0 Å². The van der Waals surface area contributed by atoms with Crippen LogP contribution in [-0.2, 0) is 4.79 Å². The summed E-state index contributed by atoms with van der Waals surface area (Å²) in [6.45, 7) is 1.79. The number of methoxy groups -OCH3 is 1. The molecule has 0 atom stereocenters. The highest BCUT2D eigenvalue weighted by Gasteiger charge is 2.03. The van der Waals surface area contributed by atoms with Crippen LogP contribution in [0.4, 0.5) is 17.2 Å². The van der Waals surface area contributed by atoms with Gasteiger partial charge in [0.25, 0.3) is 0 Å². The van der Waals surface area contributed by atoms with Gasteiger partial charge in [-0.1, -0.05) is 18.5 Å². The normalized spacial score (nSPS) is 10.0. The van der Waals surface area contributed by atoms with E-state index in [-0.39, 0.29) is 5.91 Å². The summed E-state index contributed by atoms with van der Waals surface area (Å²) in [4.78, 5) is 15.4. The molecule has 0 bridgehead atoms. The molecule has 0 saturated heterocycles. The van der Waals surface area contributed by atoms with E-state index < -0.39 is 0 Å². The van der Waals surface area contributed by atoms with Crippen LogP contribution >= 0.6 is 11.6 Å². The first-order valence-electron chi connectivity index (χ1n) is 6.49. The Morgan fingerprint density at radius 3 is 2.62 bits per heavy atom. The molecule has 1 heterocycles. The van der Waals surface area contributed by atoms with Gasteiger partial charge in [-0.2, -0.15) is 0 Å². The molecular formula is C15H16ClN3O2. The minimum Gasteiger partial charge on any atom is -0.495 e. The lowest BCUT2D eigenvalue weighted by atomic mass is 10.3. The molecule has 21 heavy (non-hydrogen) atoms. The molecule has 1 aromatic heterocycles. The van der Waals surface area contributed by atoms with Gasteiger partial charge in [-0.05, 0) is 30.3 Å². The number of hydrogen-bond donors (Lipinski definition) is 2. The Bertz CT molecular complexity index is 629. The fraction of sp³-hybridized carbons (Fsp3) is 0.200. The Labute approximate surface area is 128 Å². The van der Waals surface area contributed by atoms with Crippen LogP contribution in [0.1, 0.15) is 13.3 Å². The van der Waals surface area contributed by atoms with E-state index in [1.54, 1.807) is 38.4 Å². The second-order valence-electron chi connectivity index (χ2n) is 4.31. The summed E-state index contributed by atoms with van der Waals surface area (Å²) >= 11 is 6.07. The molecule has 0 aliphatic carbocycles. The van der Waals surface area contributed by atoms with Crippen molar-refractivity contribution in [1.82, 2.24) is 4.98 Å². The molecule has 0 aliphatic rings. The number of benzene rings is 1. The van der Waals surface area contributed by atoms with E-state index in [2.05, 4.69) is 15.6 Å². The van der Waals surface area contributed by atoms with Crippen LogP contribution in [0, 0.1) is 0 Å². The number of carbonyl (C=O) groups is 1. The zero-order valence-corrected chi connectivity index (χ0v) is 12.6. The SMILES string of the molecule is CCC(=O)Nc1ccc(Nc2ccc(OC)c(Cl)c2)cn1. The van der Waals surface area contributed by atoms with Crippen molar-refractivity contribution < 1.29 is 9.53 Å². The number of amides is 1. The zero-order valence-electron chi connectivity index (χ0n) is 11.8. The van der Waals surface area contributed by atoms with Crippen molar-refractivity contribution in [1.29, 1.82) is 0 Å². The van der Waals surface area contributed by atoms with Crippen LogP contribution in [-0.4, -0.2) is 18.0 Å². The Kier molecular flexibility index (Phi) is 5.00. The molecule has 0 spiro atoms. The molecular weight excluding hydrogens is 290 g/mol. The van der Waals surface area contributed by atoms with Gasteiger partial charge in [-0.25, -0.2) is 4.98 Å². The summed E-state index contributed by atoms with van der Waals surface area (Å²) < 4.78 is 5.10. The number of carbonyl (C=O) groups excluding carboxylic acids is 1. The summed E-state index contributed by atoms with van der Waals surface area (Å²) in [7, 11) is 1.57. The van der Waals surface area contributed by atoms with E-state index in [1.165, 1.54) is 0 Å². The van der Waals surface area contributed by atoms with Crippen molar-refractivity contribution in [2.24, 2.45) is 0 Å². The fourth-order valence-electron chi connectivity index (χ4n) is 1.68. The number of rotatable bonds is 5. The highest BCUT2D eigenvalue weighted by Crippen LogP contribution is 2.28. The van der Waals surface area contributed by atoms with E-state index in [9.17, 15) is 4.79 Å². The van der Waals surface area contributed by atoms with Gasteiger partial charge in [0.2, 0.25) is 5.91 Å². The third-order valence-electron chi connectivity index (χ3n) is 2.79. The largest absolute Gasteiger partial charge is 0.495 e. The smallest absolute Gasteiger partial charge is 0.225 e. The maximum absolute atomic E-state index is 11.3. The Balaban J connectivity index is 2.06.